The fraction of sp³-hybridized carbons (Fsp3) is 0.211. The van der Waals surface area contributed by atoms with E-state index in [1.165, 1.54) is 0 Å². The number of nitrogens with one attached hydrogen (secondary N) is 1. The van der Waals surface area contributed by atoms with E-state index in [0.29, 0.717) is 24.7 Å². The fourth-order valence-electron chi connectivity index (χ4n) is 2.04. The van der Waals surface area contributed by atoms with E-state index in [9.17, 15) is 0 Å². The van der Waals surface area contributed by atoms with E-state index in [-0.39, 0.29) is 6.61 Å². The van der Waals surface area contributed by atoms with Crippen molar-refractivity contribution in [3.05, 3.63) is 56.1 Å². The zero-order valence-electron chi connectivity index (χ0n) is 13.8. The molecule has 25 heavy (non-hydrogen) atoms. The van der Waals surface area contributed by atoms with Gasteiger partial charge >= 0.3 is 0 Å². The molecular formula is C19H18ClIN2O2. The maximum Gasteiger partial charge on any atom is 0.175 e. The third-order valence-electron chi connectivity index (χ3n) is 3.13. The minimum Gasteiger partial charge on any atom is -0.490 e. The molecule has 2 aromatic carbocycles. The normalized spacial score (nSPS) is 10.5. The maximum absolute atomic E-state index is 5.87. The number of nitrogens with zero attached hydrogens (tertiary/aromatic N) is 1. The second-order valence-electron chi connectivity index (χ2n) is 4.98. The van der Waals surface area contributed by atoms with E-state index < -0.39 is 0 Å². The van der Waals surface area contributed by atoms with Crippen LogP contribution in [-0.4, -0.2) is 19.4 Å². The van der Waals surface area contributed by atoms with Crippen LogP contribution < -0.4 is 14.9 Å². The van der Waals surface area contributed by atoms with Gasteiger partial charge in [-0.3, -0.25) is 0 Å². The van der Waals surface area contributed by atoms with Gasteiger partial charge in [0.15, 0.2) is 11.5 Å². The Hall–Kier alpha value is -1.91. The Labute approximate surface area is 166 Å². The number of hydrogen-bond donors (Lipinski definition) is 1. The highest BCUT2D eigenvalue weighted by molar-refractivity contribution is 14.1. The molecule has 0 radical (unpaired) electrons. The Morgan fingerprint density at radius 2 is 2.04 bits per heavy atom. The number of benzene rings is 2. The van der Waals surface area contributed by atoms with Crippen LogP contribution in [-0.2, 0) is 6.54 Å². The molecule has 2 aromatic rings. The number of rotatable bonds is 8. The van der Waals surface area contributed by atoms with Crippen LogP contribution in [0.4, 0.5) is 0 Å². The molecule has 0 aromatic heterocycles. The Bertz CT molecular complexity index is 770. The molecule has 0 atom stereocenters. The van der Waals surface area contributed by atoms with Crippen LogP contribution in [0.1, 0.15) is 18.1 Å². The van der Waals surface area contributed by atoms with Crippen molar-refractivity contribution in [1.29, 1.82) is 0 Å². The lowest BCUT2D eigenvalue weighted by Crippen LogP contribution is -2.06. The molecule has 0 saturated heterocycles. The zero-order valence-corrected chi connectivity index (χ0v) is 16.7. The molecule has 0 aliphatic rings. The van der Waals surface area contributed by atoms with E-state index >= 15 is 0 Å². The first-order chi connectivity index (χ1) is 12.1. The van der Waals surface area contributed by atoms with Crippen molar-refractivity contribution < 1.29 is 9.47 Å². The molecular weight excluding hydrogens is 451 g/mol. The number of hydrazone groups is 1. The largest absolute Gasteiger partial charge is 0.490 e. The molecule has 4 nitrogen and oxygen atoms in total. The van der Waals surface area contributed by atoms with Gasteiger partial charge < -0.3 is 14.9 Å². The first-order valence-corrected chi connectivity index (χ1v) is 9.12. The van der Waals surface area contributed by atoms with Gasteiger partial charge in [-0.15, -0.1) is 6.42 Å². The van der Waals surface area contributed by atoms with E-state index in [1.54, 1.807) is 6.21 Å². The number of halogens is 2. The van der Waals surface area contributed by atoms with Crippen molar-refractivity contribution in [3.8, 4) is 23.8 Å². The van der Waals surface area contributed by atoms with Crippen LogP contribution in [0.15, 0.2) is 41.5 Å². The average Bonchev–Trinajstić information content (AvgIpc) is 2.60. The summed E-state index contributed by atoms with van der Waals surface area (Å²) >= 11 is 8.07. The lowest BCUT2D eigenvalue weighted by atomic mass is 10.2. The zero-order chi connectivity index (χ0) is 18.1. The molecule has 0 amide bonds. The SMILES string of the molecule is C#CCOc1c(I)cc(/C=N\NCc2ccc(Cl)cc2)cc1OCC. The Morgan fingerprint density at radius 3 is 2.72 bits per heavy atom. The van der Waals surface area contributed by atoms with Gasteiger partial charge in [0.1, 0.15) is 6.61 Å². The summed E-state index contributed by atoms with van der Waals surface area (Å²) in [6.45, 7) is 3.28. The Morgan fingerprint density at radius 1 is 1.28 bits per heavy atom. The van der Waals surface area contributed by atoms with Gasteiger partial charge in [0.05, 0.1) is 22.9 Å². The predicted molar refractivity (Wildman–Crippen MR) is 111 cm³/mol. The quantitative estimate of drug-likeness (QED) is 0.269. The highest BCUT2D eigenvalue weighted by Gasteiger charge is 2.11. The number of hydrogen-bond acceptors (Lipinski definition) is 4. The molecule has 0 aliphatic heterocycles. The topological polar surface area (TPSA) is 42.8 Å². The van der Waals surface area contributed by atoms with Gasteiger partial charge in [-0.05, 0) is 64.9 Å². The van der Waals surface area contributed by atoms with Crippen molar-refractivity contribution >= 4 is 40.4 Å². The monoisotopic (exact) mass is 468 g/mol. The summed E-state index contributed by atoms with van der Waals surface area (Å²) in [5, 5.41) is 4.97. The van der Waals surface area contributed by atoms with Crippen molar-refractivity contribution in [3.63, 3.8) is 0 Å². The predicted octanol–water partition coefficient (Wildman–Crippen LogP) is 4.48. The van der Waals surface area contributed by atoms with E-state index in [4.69, 9.17) is 27.5 Å². The lowest BCUT2D eigenvalue weighted by Gasteiger charge is -2.13. The van der Waals surface area contributed by atoms with Crippen molar-refractivity contribution in [1.82, 2.24) is 5.43 Å². The molecule has 0 saturated carbocycles. The molecule has 6 heteroatoms. The van der Waals surface area contributed by atoms with Gasteiger partial charge in [-0.1, -0.05) is 29.7 Å². The van der Waals surface area contributed by atoms with Gasteiger partial charge in [-0.2, -0.15) is 5.10 Å². The highest BCUT2D eigenvalue weighted by Crippen LogP contribution is 2.33. The molecule has 0 unspecified atom stereocenters. The standard InChI is InChI=1S/C19H18ClIN2O2/c1-3-9-25-19-17(21)10-15(11-18(19)24-4-2)13-23-22-12-14-5-7-16(20)8-6-14/h1,5-8,10-11,13,22H,4,9,12H2,2H3/b23-13-. The first kappa shape index (κ1) is 19.4. The maximum atomic E-state index is 5.87. The molecule has 0 heterocycles. The summed E-state index contributed by atoms with van der Waals surface area (Å²) in [6.07, 6.45) is 7.00. The number of ether oxygens (including phenoxy) is 2. The van der Waals surface area contributed by atoms with E-state index in [2.05, 4.69) is 39.0 Å². The van der Waals surface area contributed by atoms with Crippen LogP contribution in [0.25, 0.3) is 0 Å². The molecule has 0 spiro atoms. The molecule has 1 N–H and O–H groups in total. The van der Waals surface area contributed by atoms with Crippen molar-refractivity contribution in [2.24, 2.45) is 5.10 Å². The molecule has 130 valence electrons. The molecule has 0 bridgehead atoms. The fourth-order valence-corrected chi connectivity index (χ4v) is 2.95. The van der Waals surface area contributed by atoms with Crippen molar-refractivity contribution in [2.45, 2.75) is 13.5 Å². The van der Waals surface area contributed by atoms with Gasteiger partial charge in [-0.25, -0.2) is 0 Å². The van der Waals surface area contributed by atoms with Crippen molar-refractivity contribution in [2.75, 3.05) is 13.2 Å². The summed E-state index contributed by atoms with van der Waals surface area (Å²) in [6, 6.07) is 11.5. The van der Waals surface area contributed by atoms with Gasteiger partial charge in [0, 0.05) is 5.02 Å². The van der Waals surface area contributed by atoms with Crippen LogP contribution >= 0.6 is 34.2 Å². The van der Waals surface area contributed by atoms with Crippen LogP contribution in [0.2, 0.25) is 5.02 Å². The summed E-state index contributed by atoms with van der Waals surface area (Å²) in [7, 11) is 0. The second kappa shape index (κ2) is 10.2. The number of terminal acetylenes is 1. The van der Waals surface area contributed by atoms with Crippen LogP contribution in [0.3, 0.4) is 0 Å². The molecule has 2 rings (SSSR count). The second-order valence-corrected chi connectivity index (χ2v) is 6.57. The average molecular weight is 469 g/mol. The summed E-state index contributed by atoms with van der Waals surface area (Å²) in [5.41, 5.74) is 5.02. The van der Waals surface area contributed by atoms with Crippen LogP contribution in [0.5, 0.6) is 11.5 Å². The van der Waals surface area contributed by atoms with E-state index in [1.807, 2.05) is 43.3 Å². The minimum absolute atomic E-state index is 0.201. The third-order valence-corrected chi connectivity index (χ3v) is 4.19. The van der Waals surface area contributed by atoms with Gasteiger partial charge in [0.2, 0.25) is 0 Å². The minimum atomic E-state index is 0.201. The summed E-state index contributed by atoms with van der Waals surface area (Å²) in [5.74, 6) is 3.78. The summed E-state index contributed by atoms with van der Waals surface area (Å²) in [4.78, 5) is 0. The smallest absolute Gasteiger partial charge is 0.175 e. The van der Waals surface area contributed by atoms with Crippen LogP contribution in [0, 0.1) is 15.9 Å². The molecule has 0 fully saturated rings. The van der Waals surface area contributed by atoms with Gasteiger partial charge in [0.25, 0.3) is 0 Å². The lowest BCUT2D eigenvalue weighted by molar-refractivity contribution is 0.298. The Balaban J connectivity index is 2.05. The third kappa shape index (κ3) is 6.15. The van der Waals surface area contributed by atoms with E-state index in [0.717, 1.165) is 19.7 Å². The first-order valence-electron chi connectivity index (χ1n) is 7.67. The Kier molecular flexibility index (Phi) is 7.89. The molecule has 0 aliphatic carbocycles. The summed E-state index contributed by atoms with van der Waals surface area (Å²) < 4.78 is 12.1. The highest BCUT2D eigenvalue weighted by atomic mass is 127.